The number of benzene rings is 1. The van der Waals surface area contributed by atoms with Crippen molar-refractivity contribution in [3.05, 3.63) is 35.9 Å². The van der Waals surface area contributed by atoms with Gasteiger partial charge < -0.3 is 10.6 Å². The molecule has 1 aromatic carbocycles. The quantitative estimate of drug-likeness (QED) is 0.873. The Morgan fingerprint density at radius 1 is 1.33 bits per heavy atom. The highest BCUT2D eigenvalue weighted by Crippen LogP contribution is 2.16. The Bertz CT molecular complexity index is 490. The molecule has 1 aliphatic heterocycles. The van der Waals surface area contributed by atoms with Gasteiger partial charge in [-0.05, 0) is 25.5 Å². The molecule has 1 saturated heterocycles. The Kier molecular flexibility index (Phi) is 5.33. The van der Waals surface area contributed by atoms with Gasteiger partial charge in [-0.15, -0.1) is 0 Å². The maximum Gasteiger partial charge on any atom is 0.236 e. The minimum atomic E-state index is -0.301. The van der Waals surface area contributed by atoms with E-state index in [1.165, 1.54) is 5.56 Å². The molecule has 2 amide bonds. The molecule has 0 bridgehead atoms. The average Bonchev–Trinajstić information content (AvgIpc) is 2.48. The summed E-state index contributed by atoms with van der Waals surface area (Å²) in [6.45, 7) is 2.29. The Morgan fingerprint density at radius 3 is 2.71 bits per heavy atom. The van der Waals surface area contributed by atoms with Gasteiger partial charge in [0.05, 0.1) is 12.5 Å². The molecule has 0 spiro atoms. The normalized spacial score (nSPS) is 18.8. The maximum atomic E-state index is 12.3. The van der Waals surface area contributed by atoms with Crippen molar-refractivity contribution in [2.75, 3.05) is 26.7 Å². The van der Waals surface area contributed by atoms with Gasteiger partial charge in [0.25, 0.3) is 0 Å². The fraction of sp³-hybridized carbons (Fsp3) is 0.500. The zero-order chi connectivity index (χ0) is 15.2. The number of likely N-dealkylation sites (N-methyl/N-ethyl adjacent to an activating group) is 1. The Labute approximate surface area is 125 Å². The summed E-state index contributed by atoms with van der Waals surface area (Å²) in [6, 6.07) is 10.1. The van der Waals surface area contributed by atoms with E-state index in [9.17, 15) is 9.59 Å². The first-order valence-electron chi connectivity index (χ1n) is 7.36. The summed E-state index contributed by atoms with van der Waals surface area (Å²) >= 11 is 0. The molecule has 0 aromatic heterocycles. The van der Waals surface area contributed by atoms with Crippen molar-refractivity contribution >= 4 is 11.8 Å². The molecule has 0 unspecified atom stereocenters. The van der Waals surface area contributed by atoms with Crippen molar-refractivity contribution < 1.29 is 9.59 Å². The number of piperidine rings is 1. The van der Waals surface area contributed by atoms with E-state index in [-0.39, 0.29) is 17.7 Å². The molecule has 2 N–H and O–H groups in total. The van der Waals surface area contributed by atoms with E-state index in [4.69, 9.17) is 5.73 Å². The van der Waals surface area contributed by atoms with E-state index in [0.29, 0.717) is 13.1 Å². The molecule has 1 aliphatic rings. The Balaban J connectivity index is 1.84. The van der Waals surface area contributed by atoms with Crippen molar-refractivity contribution in [3.8, 4) is 0 Å². The number of hydrogen-bond donors (Lipinski definition) is 1. The van der Waals surface area contributed by atoms with Crippen molar-refractivity contribution in [2.24, 2.45) is 11.7 Å². The molecule has 5 nitrogen and oxygen atoms in total. The monoisotopic (exact) mass is 289 g/mol. The van der Waals surface area contributed by atoms with Crippen LogP contribution in [0.4, 0.5) is 0 Å². The lowest BCUT2D eigenvalue weighted by Gasteiger charge is -2.32. The minimum absolute atomic E-state index is 0.0689. The Hall–Kier alpha value is -1.88. The summed E-state index contributed by atoms with van der Waals surface area (Å²) in [5.41, 5.74) is 6.53. The number of hydrogen-bond acceptors (Lipinski definition) is 3. The summed E-state index contributed by atoms with van der Waals surface area (Å²) in [5, 5.41) is 0. The van der Waals surface area contributed by atoms with E-state index in [0.717, 1.165) is 25.9 Å². The van der Waals surface area contributed by atoms with Crippen LogP contribution >= 0.6 is 0 Å². The van der Waals surface area contributed by atoms with E-state index >= 15 is 0 Å². The summed E-state index contributed by atoms with van der Waals surface area (Å²) in [4.78, 5) is 27.3. The predicted molar refractivity (Wildman–Crippen MR) is 81.3 cm³/mol. The highest BCUT2D eigenvalue weighted by Gasteiger charge is 2.27. The number of likely N-dealkylation sites (tertiary alicyclic amines) is 1. The van der Waals surface area contributed by atoms with Gasteiger partial charge in [0.2, 0.25) is 11.8 Å². The largest absolute Gasteiger partial charge is 0.369 e. The number of amides is 2. The molecule has 2 rings (SSSR count). The first-order chi connectivity index (χ1) is 10.1. The highest BCUT2D eigenvalue weighted by atomic mass is 16.2. The van der Waals surface area contributed by atoms with Gasteiger partial charge in [0.15, 0.2) is 0 Å². The third-order valence-electron chi connectivity index (χ3n) is 3.88. The smallest absolute Gasteiger partial charge is 0.236 e. The zero-order valence-electron chi connectivity index (χ0n) is 12.5. The molecule has 114 valence electrons. The number of carbonyl (C=O) groups excluding carboxylic acids is 2. The van der Waals surface area contributed by atoms with Gasteiger partial charge in [0, 0.05) is 19.6 Å². The predicted octanol–water partition coefficient (Wildman–Crippen LogP) is 0.842. The van der Waals surface area contributed by atoms with Crippen LogP contribution in [-0.2, 0) is 16.1 Å². The molecule has 1 fully saturated rings. The van der Waals surface area contributed by atoms with E-state index in [1.54, 1.807) is 4.90 Å². The number of nitrogens with two attached hydrogens (primary N) is 1. The highest BCUT2D eigenvalue weighted by molar-refractivity contribution is 5.81. The van der Waals surface area contributed by atoms with Crippen LogP contribution in [0.2, 0.25) is 0 Å². The zero-order valence-corrected chi connectivity index (χ0v) is 12.5. The van der Waals surface area contributed by atoms with Gasteiger partial charge in [-0.1, -0.05) is 30.3 Å². The number of nitrogens with zero attached hydrogens (tertiary/aromatic N) is 2. The summed E-state index contributed by atoms with van der Waals surface area (Å²) in [5.74, 6) is -0.424. The lowest BCUT2D eigenvalue weighted by molar-refractivity contribution is -0.135. The van der Waals surface area contributed by atoms with E-state index in [1.807, 2.05) is 42.3 Å². The van der Waals surface area contributed by atoms with Crippen LogP contribution in [0.1, 0.15) is 18.4 Å². The second kappa shape index (κ2) is 7.22. The van der Waals surface area contributed by atoms with Crippen LogP contribution in [0.3, 0.4) is 0 Å². The lowest BCUT2D eigenvalue weighted by Crippen LogP contribution is -2.47. The van der Waals surface area contributed by atoms with Gasteiger partial charge in [-0.3, -0.25) is 14.5 Å². The summed E-state index contributed by atoms with van der Waals surface area (Å²) in [6.07, 6.45) is 1.64. The van der Waals surface area contributed by atoms with Crippen molar-refractivity contribution in [1.82, 2.24) is 9.80 Å². The summed E-state index contributed by atoms with van der Waals surface area (Å²) in [7, 11) is 1.93. The van der Waals surface area contributed by atoms with Crippen LogP contribution in [0.15, 0.2) is 30.3 Å². The van der Waals surface area contributed by atoms with E-state index < -0.39 is 0 Å². The van der Waals surface area contributed by atoms with Crippen molar-refractivity contribution in [1.29, 1.82) is 0 Å². The molecule has 1 aromatic rings. The fourth-order valence-electron chi connectivity index (χ4n) is 2.72. The molecule has 1 heterocycles. The third kappa shape index (κ3) is 4.56. The van der Waals surface area contributed by atoms with Crippen molar-refractivity contribution in [3.63, 3.8) is 0 Å². The standard InChI is InChI=1S/C16H23N3O2/c1-18(10-13-6-3-2-4-7-13)12-15(20)19-9-5-8-14(11-19)16(17)21/h2-4,6-7,14H,5,8-12H2,1H3,(H2,17,21)/t14-/m0/s1. The number of primary amides is 1. The third-order valence-corrected chi connectivity index (χ3v) is 3.88. The minimum Gasteiger partial charge on any atom is -0.369 e. The molecule has 21 heavy (non-hydrogen) atoms. The topological polar surface area (TPSA) is 66.6 Å². The molecule has 0 radical (unpaired) electrons. The van der Waals surface area contributed by atoms with Gasteiger partial charge in [-0.25, -0.2) is 0 Å². The second-order valence-corrected chi connectivity index (χ2v) is 5.74. The van der Waals surface area contributed by atoms with Gasteiger partial charge >= 0.3 is 0 Å². The molecular weight excluding hydrogens is 266 g/mol. The van der Waals surface area contributed by atoms with Crippen LogP contribution in [0.25, 0.3) is 0 Å². The van der Waals surface area contributed by atoms with Crippen LogP contribution in [-0.4, -0.2) is 48.3 Å². The lowest BCUT2D eigenvalue weighted by atomic mass is 9.97. The molecular formula is C16H23N3O2. The molecule has 0 saturated carbocycles. The van der Waals surface area contributed by atoms with Crippen LogP contribution < -0.4 is 5.73 Å². The van der Waals surface area contributed by atoms with Gasteiger partial charge in [-0.2, -0.15) is 0 Å². The van der Waals surface area contributed by atoms with Gasteiger partial charge in [0.1, 0.15) is 0 Å². The average molecular weight is 289 g/mol. The second-order valence-electron chi connectivity index (χ2n) is 5.74. The SMILES string of the molecule is CN(CC(=O)N1CCC[C@H](C(N)=O)C1)Cc1ccccc1. The van der Waals surface area contributed by atoms with Crippen LogP contribution in [0.5, 0.6) is 0 Å². The number of carbonyl (C=O) groups is 2. The molecule has 5 heteroatoms. The van der Waals surface area contributed by atoms with Crippen LogP contribution in [0, 0.1) is 5.92 Å². The Morgan fingerprint density at radius 2 is 2.05 bits per heavy atom. The molecule has 0 aliphatic carbocycles. The number of rotatable bonds is 5. The first kappa shape index (κ1) is 15.5. The fourth-order valence-corrected chi connectivity index (χ4v) is 2.72. The maximum absolute atomic E-state index is 12.3. The summed E-state index contributed by atoms with van der Waals surface area (Å²) < 4.78 is 0. The first-order valence-corrected chi connectivity index (χ1v) is 7.36. The molecule has 1 atom stereocenters. The van der Waals surface area contributed by atoms with Crippen molar-refractivity contribution in [2.45, 2.75) is 19.4 Å². The van der Waals surface area contributed by atoms with E-state index in [2.05, 4.69) is 0 Å².